The summed E-state index contributed by atoms with van der Waals surface area (Å²) in [6.45, 7) is 2.81. The zero-order valence-corrected chi connectivity index (χ0v) is 14.2. The number of rotatable bonds is 4. The molecule has 0 spiro atoms. The van der Waals surface area contributed by atoms with Gasteiger partial charge in [-0.3, -0.25) is 9.69 Å². The second-order valence-corrected chi connectivity index (χ2v) is 7.14. The standard InChI is InChI=1S/C18H17ClFNOS/c19-16-6-5-13(11-17(16)20)18(22)15-4-2-1-3-14(15)12-21-7-9-23-10-8-21/h1-6,11H,7-10,12H2. The molecule has 1 aliphatic heterocycles. The van der Waals surface area contributed by atoms with Gasteiger partial charge < -0.3 is 0 Å². The molecule has 2 nitrogen and oxygen atoms in total. The van der Waals surface area contributed by atoms with Gasteiger partial charge in [0.05, 0.1) is 5.02 Å². The molecule has 120 valence electrons. The fourth-order valence-electron chi connectivity index (χ4n) is 2.67. The van der Waals surface area contributed by atoms with Crippen LogP contribution in [0.1, 0.15) is 21.5 Å². The normalized spacial score (nSPS) is 15.6. The van der Waals surface area contributed by atoms with E-state index in [1.165, 1.54) is 12.1 Å². The van der Waals surface area contributed by atoms with Crippen LogP contribution in [0.25, 0.3) is 0 Å². The van der Waals surface area contributed by atoms with Gasteiger partial charge in [-0.2, -0.15) is 11.8 Å². The molecule has 0 aliphatic carbocycles. The number of hydrogen-bond donors (Lipinski definition) is 0. The van der Waals surface area contributed by atoms with E-state index in [0.717, 1.165) is 36.7 Å². The molecule has 0 aromatic heterocycles. The Labute approximate surface area is 144 Å². The van der Waals surface area contributed by atoms with Crippen molar-refractivity contribution in [3.05, 3.63) is 70.0 Å². The van der Waals surface area contributed by atoms with Crippen LogP contribution in [0.3, 0.4) is 0 Å². The molecule has 0 atom stereocenters. The number of benzene rings is 2. The van der Waals surface area contributed by atoms with Gasteiger partial charge in [0.15, 0.2) is 5.78 Å². The molecule has 0 bridgehead atoms. The number of carbonyl (C=O) groups excluding carboxylic acids is 1. The molecular weight excluding hydrogens is 333 g/mol. The van der Waals surface area contributed by atoms with Crippen LogP contribution in [0.4, 0.5) is 4.39 Å². The van der Waals surface area contributed by atoms with Crippen molar-refractivity contribution in [2.24, 2.45) is 0 Å². The van der Waals surface area contributed by atoms with Crippen molar-refractivity contribution in [3.63, 3.8) is 0 Å². The predicted octanol–water partition coefficient (Wildman–Crippen LogP) is 4.26. The second-order valence-electron chi connectivity index (χ2n) is 5.50. The van der Waals surface area contributed by atoms with Crippen LogP contribution in [-0.2, 0) is 6.54 Å². The summed E-state index contributed by atoms with van der Waals surface area (Å²) in [6, 6.07) is 11.8. The summed E-state index contributed by atoms with van der Waals surface area (Å²) in [7, 11) is 0. The molecule has 0 radical (unpaired) electrons. The van der Waals surface area contributed by atoms with E-state index in [1.54, 1.807) is 6.07 Å². The third-order valence-corrected chi connectivity index (χ3v) is 5.19. The highest BCUT2D eigenvalue weighted by Crippen LogP contribution is 2.21. The summed E-state index contributed by atoms with van der Waals surface area (Å²) in [5.74, 6) is 1.52. The topological polar surface area (TPSA) is 20.3 Å². The Balaban J connectivity index is 1.86. The average Bonchev–Trinajstić information content (AvgIpc) is 2.58. The van der Waals surface area contributed by atoms with E-state index < -0.39 is 5.82 Å². The van der Waals surface area contributed by atoms with E-state index in [2.05, 4.69) is 4.90 Å². The Morgan fingerprint density at radius 3 is 2.65 bits per heavy atom. The number of hydrogen-bond acceptors (Lipinski definition) is 3. The van der Waals surface area contributed by atoms with Gasteiger partial charge in [-0.15, -0.1) is 0 Å². The van der Waals surface area contributed by atoms with Crippen LogP contribution in [0.2, 0.25) is 5.02 Å². The van der Waals surface area contributed by atoms with Gasteiger partial charge in [0.25, 0.3) is 0 Å². The van der Waals surface area contributed by atoms with Crippen molar-refractivity contribution < 1.29 is 9.18 Å². The minimum atomic E-state index is -0.567. The quantitative estimate of drug-likeness (QED) is 0.769. The van der Waals surface area contributed by atoms with E-state index in [-0.39, 0.29) is 10.8 Å². The lowest BCUT2D eigenvalue weighted by Gasteiger charge is -2.26. The van der Waals surface area contributed by atoms with Gasteiger partial charge in [-0.05, 0) is 23.8 Å². The van der Waals surface area contributed by atoms with Crippen molar-refractivity contribution in [3.8, 4) is 0 Å². The number of halogens is 2. The lowest BCUT2D eigenvalue weighted by Crippen LogP contribution is -2.32. The first-order valence-corrected chi connectivity index (χ1v) is 9.06. The second kappa shape index (κ2) is 7.47. The van der Waals surface area contributed by atoms with Crippen LogP contribution in [-0.4, -0.2) is 35.3 Å². The maximum absolute atomic E-state index is 13.6. The third-order valence-electron chi connectivity index (χ3n) is 3.94. The van der Waals surface area contributed by atoms with E-state index in [4.69, 9.17) is 11.6 Å². The number of nitrogens with zero attached hydrogens (tertiary/aromatic N) is 1. The molecule has 1 fully saturated rings. The molecule has 0 amide bonds. The summed E-state index contributed by atoms with van der Waals surface area (Å²) in [6.07, 6.45) is 0. The highest BCUT2D eigenvalue weighted by Gasteiger charge is 2.17. The minimum Gasteiger partial charge on any atom is -0.297 e. The van der Waals surface area contributed by atoms with Crippen molar-refractivity contribution in [1.29, 1.82) is 0 Å². The molecule has 23 heavy (non-hydrogen) atoms. The van der Waals surface area contributed by atoms with Crippen molar-refractivity contribution in [2.45, 2.75) is 6.54 Å². The van der Waals surface area contributed by atoms with Gasteiger partial charge in [0, 0.05) is 42.3 Å². The molecule has 3 rings (SSSR count). The Bertz CT molecular complexity index is 716. The van der Waals surface area contributed by atoms with Crippen LogP contribution >= 0.6 is 23.4 Å². The molecule has 2 aromatic rings. The van der Waals surface area contributed by atoms with E-state index >= 15 is 0 Å². The Hall–Kier alpha value is -1.36. The Morgan fingerprint density at radius 2 is 1.91 bits per heavy atom. The molecule has 0 unspecified atom stereocenters. The first-order chi connectivity index (χ1) is 11.1. The fraction of sp³-hybridized carbons (Fsp3) is 0.278. The molecule has 5 heteroatoms. The Kier molecular flexibility index (Phi) is 5.36. The van der Waals surface area contributed by atoms with Gasteiger partial charge in [0.2, 0.25) is 0 Å². The molecule has 1 heterocycles. The monoisotopic (exact) mass is 349 g/mol. The summed E-state index contributed by atoms with van der Waals surface area (Å²) < 4.78 is 13.6. The lowest BCUT2D eigenvalue weighted by atomic mass is 9.98. The number of thioether (sulfide) groups is 1. The van der Waals surface area contributed by atoms with Gasteiger partial charge in [0.1, 0.15) is 5.82 Å². The number of carbonyl (C=O) groups is 1. The lowest BCUT2D eigenvalue weighted by molar-refractivity contribution is 0.103. The average molecular weight is 350 g/mol. The molecule has 2 aromatic carbocycles. The summed E-state index contributed by atoms with van der Waals surface area (Å²) in [5.41, 5.74) is 1.95. The molecule has 0 N–H and O–H groups in total. The summed E-state index contributed by atoms with van der Waals surface area (Å²) in [4.78, 5) is 15.1. The highest BCUT2D eigenvalue weighted by molar-refractivity contribution is 7.99. The van der Waals surface area contributed by atoms with Gasteiger partial charge >= 0.3 is 0 Å². The zero-order valence-electron chi connectivity index (χ0n) is 12.6. The number of ketones is 1. The minimum absolute atomic E-state index is 0.0284. The SMILES string of the molecule is O=C(c1ccc(Cl)c(F)c1)c1ccccc1CN1CCSCC1. The highest BCUT2D eigenvalue weighted by atomic mass is 35.5. The van der Waals surface area contributed by atoms with Crippen LogP contribution < -0.4 is 0 Å². The zero-order chi connectivity index (χ0) is 16.2. The fourth-order valence-corrected chi connectivity index (χ4v) is 3.77. The predicted molar refractivity (Wildman–Crippen MR) is 93.9 cm³/mol. The third kappa shape index (κ3) is 3.94. The van der Waals surface area contributed by atoms with Crippen molar-refractivity contribution >= 4 is 29.1 Å². The molecule has 0 saturated carbocycles. The van der Waals surface area contributed by atoms with E-state index in [9.17, 15) is 9.18 Å². The molecule has 1 saturated heterocycles. The summed E-state index contributed by atoms with van der Waals surface area (Å²) >= 11 is 7.65. The maximum atomic E-state index is 13.6. The van der Waals surface area contributed by atoms with E-state index in [0.29, 0.717) is 11.1 Å². The smallest absolute Gasteiger partial charge is 0.193 e. The van der Waals surface area contributed by atoms with Crippen LogP contribution in [0.5, 0.6) is 0 Å². The van der Waals surface area contributed by atoms with Crippen molar-refractivity contribution in [2.75, 3.05) is 24.6 Å². The van der Waals surface area contributed by atoms with Crippen molar-refractivity contribution in [1.82, 2.24) is 4.90 Å². The first-order valence-electron chi connectivity index (χ1n) is 7.53. The largest absolute Gasteiger partial charge is 0.297 e. The Morgan fingerprint density at radius 1 is 1.17 bits per heavy atom. The maximum Gasteiger partial charge on any atom is 0.193 e. The van der Waals surface area contributed by atoms with Crippen LogP contribution in [0, 0.1) is 5.82 Å². The van der Waals surface area contributed by atoms with E-state index in [1.807, 2.05) is 36.0 Å². The van der Waals surface area contributed by atoms with Crippen LogP contribution in [0.15, 0.2) is 42.5 Å². The van der Waals surface area contributed by atoms with Gasteiger partial charge in [-0.25, -0.2) is 4.39 Å². The molecular formula is C18H17ClFNOS. The molecule has 1 aliphatic rings. The summed E-state index contributed by atoms with van der Waals surface area (Å²) in [5, 5.41) is 0.0284. The first kappa shape index (κ1) is 16.5. The van der Waals surface area contributed by atoms with Gasteiger partial charge in [-0.1, -0.05) is 35.9 Å².